The van der Waals surface area contributed by atoms with Gasteiger partial charge in [-0.05, 0) is 30.3 Å². The molecule has 0 saturated carbocycles. The van der Waals surface area contributed by atoms with Crippen LogP contribution in [0.1, 0.15) is 20.2 Å². The first-order chi connectivity index (χ1) is 11.6. The Morgan fingerprint density at radius 3 is 2.67 bits per heavy atom. The molecule has 3 aromatic rings. The molecule has 7 heteroatoms. The number of carbonyl (C=O) groups is 2. The van der Waals surface area contributed by atoms with Crippen molar-refractivity contribution in [2.45, 2.75) is 0 Å². The topological polar surface area (TPSA) is 80.3 Å². The van der Waals surface area contributed by atoms with E-state index in [0.717, 1.165) is 10.1 Å². The van der Waals surface area contributed by atoms with E-state index >= 15 is 0 Å². The van der Waals surface area contributed by atoms with Crippen molar-refractivity contribution in [2.24, 2.45) is 0 Å². The quantitative estimate of drug-likeness (QED) is 0.765. The summed E-state index contributed by atoms with van der Waals surface area (Å²) in [7, 11) is 3.09. The maximum atomic E-state index is 12.2. The Bertz CT molecular complexity index is 906. The average molecular weight is 341 g/mol. The molecule has 6 nitrogen and oxygen atoms in total. The number of amides is 2. The van der Waals surface area contributed by atoms with Crippen molar-refractivity contribution in [3.8, 4) is 5.75 Å². The molecular weight excluding hydrogens is 326 g/mol. The summed E-state index contributed by atoms with van der Waals surface area (Å²) in [4.78, 5) is 28.7. The molecule has 3 rings (SSSR count). The minimum absolute atomic E-state index is 0.202. The van der Waals surface area contributed by atoms with E-state index in [0.29, 0.717) is 22.0 Å². The number of hydrogen-bond donors (Lipinski definition) is 2. The fourth-order valence-corrected chi connectivity index (χ4v) is 3.41. The van der Waals surface area contributed by atoms with Crippen molar-refractivity contribution in [1.82, 2.24) is 10.3 Å². The highest BCUT2D eigenvalue weighted by molar-refractivity contribution is 7.21. The Labute approximate surface area is 142 Å². The Kier molecular flexibility index (Phi) is 4.43. The van der Waals surface area contributed by atoms with Crippen LogP contribution in [0.25, 0.3) is 10.1 Å². The van der Waals surface area contributed by atoms with Gasteiger partial charge in [-0.3, -0.25) is 14.6 Å². The van der Waals surface area contributed by atoms with Gasteiger partial charge in [0.1, 0.15) is 16.3 Å². The molecule has 0 aliphatic carbocycles. The van der Waals surface area contributed by atoms with Crippen LogP contribution in [0, 0.1) is 0 Å². The average Bonchev–Trinajstić information content (AvgIpc) is 2.99. The van der Waals surface area contributed by atoms with E-state index < -0.39 is 0 Å². The van der Waals surface area contributed by atoms with Crippen LogP contribution in [-0.4, -0.2) is 31.0 Å². The minimum Gasteiger partial charge on any atom is -0.494 e. The van der Waals surface area contributed by atoms with Crippen LogP contribution in [0.2, 0.25) is 0 Å². The van der Waals surface area contributed by atoms with E-state index in [9.17, 15) is 9.59 Å². The first-order valence-electron chi connectivity index (χ1n) is 7.19. The molecule has 2 aromatic heterocycles. The second kappa shape index (κ2) is 6.67. The molecule has 24 heavy (non-hydrogen) atoms. The SMILES string of the molecule is CNC(=O)c1sc2ccc(NC(=O)c3ccccn3)cc2c1OC. The Morgan fingerprint density at radius 2 is 2.00 bits per heavy atom. The number of hydrogen-bond acceptors (Lipinski definition) is 5. The monoisotopic (exact) mass is 341 g/mol. The molecule has 1 aromatic carbocycles. The Morgan fingerprint density at radius 1 is 1.17 bits per heavy atom. The molecule has 0 radical (unpaired) electrons. The van der Waals surface area contributed by atoms with E-state index in [1.165, 1.54) is 18.4 Å². The lowest BCUT2D eigenvalue weighted by Crippen LogP contribution is -2.16. The second-order valence-corrected chi connectivity index (χ2v) is 5.98. The molecular formula is C17H15N3O3S. The number of carbonyl (C=O) groups excluding carboxylic acids is 2. The van der Waals surface area contributed by atoms with Gasteiger partial charge in [0, 0.05) is 29.0 Å². The summed E-state index contributed by atoms with van der Waals surface area (Å²) in [5, 5.41) is 6.18. The summed E-state index contributed by atoms with van der Waals surface area (Å²) < 4.78 is 6.29. The molecule has 2 amide bonds. The number of nitrogens with one attached hydrogen (secondary N) is 2. The summed E-state index contributed by atoms with van der Waals surface area (Å²) >= 11 is 1.34. The normalized spacial score (nSPS) is 10.4. The molecule has 0 unspecified atom stereocenters. The summed E-state index contributed by atoms with van der Waals surface area (Å²) in [6.07, 6.45) is 1.57. The van der Waals surface area contributed by atoms with E-state index in [1.807, 2.05) is 6.07 Å². The third-order valence-electron chi connectivity index (χ3n) is 3.44. The Hall–Kier alpha value is -2.93. The van der Waals surface area contributed by atoms with Crippen LogP contribution in [-0.2, 0) is 0 Å². The van der Waals surface area contributed by atoms with Gasteiger partial charge in [-0.2, -0.15) is 0 Å². The third-order valence-corrected chi connectivity index (χ3v) is 4.59. The molecule has 0 saturated heterocycles. The first-order valence-corrected chi connectivity index (χ1v) is 8.00. The van der Waals surface area contributed by atoms with Crippen molar-refractivity contribution in [3.63, 3.8) is 0 Å². The van der Waals surface area contributed by atoms with Gasteiger partial charge in [0.15, 0.2) is 0 Å². The summed E-state index contributed by atoms with van der Waals surface area (Å²) in [6, 6.07) is 10.6. The number of fused-ring (bicyclic) bond motifs is 1. The molecule has 2 N–H and O–H groups in total. The van der Waals surface area contributed by atoms with Crippen molar-refractivity contribution >= 4 is 38.9 Å². The molecule has 0 aliphatic rings. The van der Waals surface area contributed by atoms with Crippen molar-refractivity contribution in [1.29, 1.82) is 0 Å². The predicted octanol–water partition coefficient (Wildman–Crippen LogP) is 2.92. The summed E-state index contributed by atoms with van der Waals surface area (Å²) in [5.74, 6) is 0.00563. The van der Waals surface area contributed by atoms with Gasteiger partial charge in [0.05, 0.1) is 7.11 Å². The van der Waals surface area contributed by atoms with Crippen LogP contribution in [0.5, 0.6) is 5.75 Å². The zero-order valence-electron chi connectivity index (χ0n) is 13.1. The van der Waals surface area contributed by atoms with E-state index in [-0.39, 0.29) is 11.8 Å². The zero-order valence-corrected chi connectivity index (χ0v) is 13.9. The van der Waals surface area contributed by atoms with Gasteiger partial charge < -0.3 is 15.4 Å². The fourth-order valence-electron chi connectivity index (χ4n) is 2.31. The number of ether oxygens (including phenoxy) is 1. The highest BCUT2D eigenvalue weighted by Crippen LogP contribution is 2.39. The standard InChI is InChI=1S/C17H15N3O3S/c1-18-17(22)15-14(23-2)11-9-10(6-7-13(11)24-15)20-16(21)12-5-3-4-8-19-12/h3-9H,1-2H3,(H,18,22)(H,20,21). The lowest BCUT2D eigenvalue weighted by molar-refractivity contribution is 0.0963. The van der Waals surface area contributed by atoms with Crippen LogP contribution < -0.4 is 15.4 Å². The van der Waals surface area contributed by atoms with E-state index in [2.05, 4.69) is 15.6 Å². The summed E-state index contributed by atoms with van der Waals surface area (Å²) in [5.41, 5.74) is 0.943. The highest BCUT2D eigenvalue weighted by atomic mass is 32.1. The van der Waals surface area contributed by atoms with Crippen LogP contribution in [0.15, 0.2) is 42.6 Å². The number of nitrogens with zero attached hydrogens (tertiary/aromatic N) is 1. The Balaban J connectivity index is 1.96. The summed E-state index contributed by atoms with van der Waals surface area (Å²) in [6.45, 7) is 0. The number of methoxy groups -OCH3 is 1. The largest absolute Gasteiger partial charge is 0.494 e. The van der Waals surface area contributed by atoms with Crippen LogP contribution in [0.4, 0.5) is 5.69 Å². The lowest BCUT2D eigenvalue weighted by atomic mass is 10.2. The van der Waals surface area contributed by atoms with Gasteiger partial charge in [0.2, 0.25) is 0 Å². The van der Waals surface area contributed by atoms with E-state index in [4.69, 9.17) is 4.74 Å². The minimum atomic E-state index is -0.296. The number of benzene rings is 1. The van der Waals surface area contributed by atoms with Gasteiger partial charge >= 0.3 is 0 Å². The van der Waals surface area contributed by atoms with Crippen LogP contribution in [0.3, 0.4) is 0 Å². The van der Waals surface area contributed by atoms with Crippen molar-refractivity contribution in [2.75, 3.05) is 19.5 Å². The number of rotatable bonds is 4. The van der Waals surface area contributed by atoms with Crippen molar-refractivity contribution < 1.29 is 14.3 Å². The molecule has 2 heterocycles. The predicted molar refractivity (Wildman–Crippen MR) is 94.0 cm³/mol. The van der Waals surface area contributed by atoms with Gasteiger partial charge in [0.25, 0.3) is 11.8 Å². The van der Waals surface area contributed by atoms with E-state index in [1.54, 1.807) is 43.6 Å². The second-order valence-electron chi connectivity index (χ2n) is 4.92. The maximum absolute atomic E-state index is 12.2. The molecule has 0 fully saturated rings. The van der Waals surface area contributed by atoms with Crippen LogP contribution >= 0.6 is 11.3 Å². The fraction of sp³-hybridized carbons (Fsp3) is 0.118. The zero-order chi connectivity index (χ0) is 17.1. The molecule has 0 aliphatic heterocycles. The van der Waals surface area contributed by atoms with Gasteiger partial charge in [-0.1, -0.05) is 6.07 Å². The molecule has 0 atom stereocenters. The number of thiophene rings is 1. The molecule has 0 spiro atoms. The first kappa shape index (κ1) is 15.9. The lowest BCUT2D eigenvalue weighted by Gasteiger charge is -2.06. The van der Waals surface area contributed by atoms with Gasteiger partial charge in [-0.15, -0.1) is 11.3 Å². The van der Waals surface area contributed by atoms with Gasteiger partial charge in [-0.25, -0.2) is 0 Å². The number of pyridine rings is 1. The number of anilines is 1. The smallest absolute Gasteiger partial charge is 0.274 e. The molecule has 0 bridgehead atoms. The third kappa shape index (κ3) is 2.93. The molecule has 122 valence electrons. The van der Waals surface area contributed by atoms with Crippen molar-refractivity contribution in [3.05, 3.63) is 53.2 Å². The highest BCUT2D eigenvalue weighted by Gasteiger charge is 2.19. The number of aromatic nitrogens is 1. The maximum Gasteiger partial charge on any atom is 0.274 e.